The first-order chi connectivity index (χ1) is 17.5. The van der Waals surface area contributed by atoms with Crippen LogP contribution in [-0.4, -0.2) is 48.0 Å². The van der Waals surface area contributed by atoms with Crippen LogP contribution in [0.15, 0.2) is 60.7 Å². The molecule has 6 nitrogen and oxygen atoms in total. The number of halogens is 1. The quantitative estimate of drug-likeness (QED) is 0.471. The summed E-state index contributed by atoms with van der Waals surface area (Å²) in [6, 6.07) is 19.4. The van der Waals surface area contributed by atoms with E-state index in [0.29, 0.717) is 23.5 Å². The first-order valence-corrected chi connectivity index (χ1v) is 11.9. The monoisotopic (exact) mass is 486 g/mol. The number of rotatable bonds is 7. The van der Waals surface area contributed by atoms with Gasteiger partial charge in [-0.3, -0.25) is 9.29 Å². The summed E-state index contributed by atoms with van der Waals surface area (Å²) in [6.45, 7) is 4.51. The number of alkyl halides is 1. The van der Waals surface area contributed by atoms with Crippen molar-refractivity contribution >= 4 is 11.1 Å². The number of ether oxygens (including phenoxy) is 2. The molecule has 1 atom stereocenters. The van der Waals surface area contributed by atoms with Gasteiger partial charge in [0.2, 0.25) is 0 Å². The van der Waals surface area contributed by atoms with Crippen molar-refractivity contribution in [3.63, 3.8) is 0 Å². The molecule has 1 saturated heterocycles. The number of allylic oxidation sites excluding steroid dienone is 1. The van der Waals surface area contributed by atoms with Crippen molar-refractivity contribution in [3.8, 4) is 29.1 Å². The maximum absolute atomic E-state index is 12.6. The molecule has 0 aliphatic carbocycles. The van der Waals surface area contributed by atoms with Gasteiger partial charge in [0.1, 0.15) is 35.7 Å². The number of phenols is 2. The Balaban J connectivity index is 1.44. The lowest BCUT2D eigenvalue weighted by atomic mass is 9.84. The van der Waals surface area contributed by atoms with Crippen molar-refractivity contribution < 1.29 is 24.1 Å². The Kier molecular flexibility index (Phi) is 6.53. The number of hydrogen-bond acceptors (Lipinski definition) is 6. The maximum atomic E-state index is 12.6. The predicted octanol–water partition coefficient (Wildman–Crippen LogP) is 5.31. The van der Waals surface area contributed by atoms with Gasteiger partial charge in [-0.15, -0.1) is 0 Å². The van der Waals surface area contributed by atoms with E-state index in [-0.39, 0.29) is 24.1 Å². The third-order valence-electron chi connectivity index (χ3n) is 6.80. The molecule has 1 fully saturated rings. The van der Waals surface area contributed by atoms with E-state index in [1.54, 1.807) is 30.3 Å². The Morgan fingerprint density at radius 1 is 1.03 bits per heavy atom. The van der Waals surface area contributed by atoms with Crippen LogP contribution in [0.4, 0.5) is 4.39 Å². The minimum absolute atomic E-state index is 0.0496. The molecule has 3 aromatic carbocycles. The third kappa shape index (κ3) is 4.60. The molecule has 2 aliphatic rings. The smallest absolute Gasteiger partial charge is 0.150 e. The molecule has 2 heterocycles. The number of nitrogens with zero attached hydrogens (tertiary/aromatic N) is 2. The summed E-state index contributed by atoms with van der Waals surface area (Å²) in [5, 5.41) is 30.0. The van der Waals surface area contributed by atoms with Gasteiger partial charge in [0, 0.05) is 42.3 Å². The summed E-state index contributed by atoms with van der Waals surface area (Å²) in [5.74, 6) is 1.67. The topological polar surface area (TPSA) is 86.0 Å². The summed E-state index contributed by atoms with van der Waals surface area (Å²) < 4.78 is 24.9. The second kappa shape index (κ2) is 9.92. The number of fused-ring (bicyclic) bond motifs is 1. The van der Waals surface area contributed by atoms with Crippen molar-refractivity contribution in [2.45, 2.75) is 13.0 Å². The average molecular weight is 487 g/mol. The van der Waals surface area contributed by atoms with Gasteiger partial charge in [-0.25, -0.2) is 0 Å². The van der Waals surface area contributed by atoms with E-state index in [9.17, 15) is 19.9 Å². The highest BCUT2D eigenvalue weighted by Crippen LogP contribution is 2.48. The maximum Gasteiger partial charge on any atom is 0.150 e. The number of benzene rings is 3. The van der Waals surface area contributed by atoms with Gasteiger partial charge in [0.15, 0.2) is 0 Å². The molecule has 184 valence electrons. The molecule has 36 heavy (non-hydrogen) atoms. The first-order valence-electron chi connectivity index (χ1n) is 11.9. The van der Waals surface area contributed by atoms with Crippen LogP contribution in [0.5, 0.6) is 23.0 Å². The highest BCUT2D eigenvalue weighted by Gasteiger charge is 2.31. The van der Waals surface area contributed by atoms with Gasteiger partial charge in [0.05, 0.1) is 18.3 Å². The average Bonchev–Trinajstić information content (AvgIpc) is 2.86. The van der Waals surface area contributed by atoms with E-state index in [0.717, 1.165) is 47.7 Å². The lowest BCUT2D eigenvalue weighted by molar-refractivity contribution is 0.0668. The minimum atomic E-state index is -0.538. The molecule has 3 aromatic rings. The Hall–Kier alpha value is -4.02. The number of hydrogen-bond donors (Lipinski definition) is 2. The largest absolute Gasteiger partial charge is 0.508 e. The highest BCUT2D eigenvalue weighted by molar-refractivity contribution is 5.97. The zero-order chi connectivity index (χ0) is 25.2. The molecular formula is C29H27FN2O4. The number of aromatic hydroxyl groups is 2. The fraction of sp³-hybridized carbons (Fsp3) is 0.276. The van der Waals surface area contributed by atoms with Crippen LogP contribution < -0.4 is 9.47 Å². The van der Waals surface area contributed by atoms with Crippen LogP contribution in [0, 0.1) is 17.2 Å². The van der Waals surface area contributed by atoms with Crippen molar-refractivity contribution in [3.05, 3.63) is 82.9 Å². The molecule has 0 radical (unpaired) electrons. The number of phenolic OH excluding ortho intramolecular Hbond substituents is 2. The van der Waals surface area contributed by atoms with Crippen LogP contribution in [0.25, 0.3) is 11.1 Å². The van der Waals surface area contributed by atoms with E-state index in [1.165, 1.54) is 6.07 Å². The van der Waals surface area contributed by atoms with Crippen LogP contribution in [0.3, 0.4) is 0 Å². The summed E-state index contributed by atoms with van der Waals surface area (Å²) >= 11 is 0. The fourth-order valence-electron chi connectivity index (χ4n) is 4.86. The zero-order valence-corrected chi connectivity index (χ0v) is 19.9. The molecule has 0 aromatic heterocycles. The van der Waals surface area contributed by atoms with E-state index < -0.39 is 6.10 Å². The highest BCUT2D eigenvalue weighted by atomic mass is 19.1. The predicted molar refractivity (Wildman–Crippen MR) is 135 cm³/mol. The Morgan fingerprint density at radius 2 is 1.72 bits per heavy atom. The molecule has 0 spiro atoms. The van der Waals surface area contributed by atoms with E-state index in [4.69, 9.17) is 9.47 Å². The summed E-state index contributed by atoms with van der Waals surface area (Å²) in [7, 11) is 0. The Morgan fingerprint density at radius 3 is 2.42 bits per heavy atom. The number of likely N-dealkylation sites (tertiary alicyclic amines) is 1. The van der Waals surface area contributed by atoms with Crippen LogP contribution in [-0.2, 0) is 0 Å². The van der Waals surface area contributed by atoms with Gasteiger partial charge >= 0.3 is 0 Å². The SMILES string of the molecule is CC1=C(c2cc(O)ccc2C#N)C(c2ccc(OCCN3CC(CF)C3)cc2)Oc2ccc(O)cc21. The summed E-state index contributed by atoms with van der Waals surface area (Å²) in [6.07, 6.45) is -0.538. The second-order valence-corrected chi connectivity index (χ2v) is 9.26. The second-order valence-electron chi connectivity index (χ2n) is 9.26. The molecule has 5 rings (SSSR count). The van der Waals surface area contributed by atoms with E-state index in [1.807, 2.05) is 31.2 Å². The molecule has 0 amide bonds. The van der Waals surface area contributed by atoms with Gasteiger partial charge in [-0.05, 0) is 66.6 Å². The van der Waals surface area contributed by atoms with Crippen LogP contribution in [0.2, 0.25) is 0 Å². The van der Waals surface area contributed by atoms with Crippen molar-refractivity contribution in [1.29, 1.82) is 5.26 Å². The Labute approximate surface area is 209 Å². The van der Waals surface area contributed by atoms with Crippen LogP contribution in [0.1, 0.15) is 35.3 Å². The molecule has 2 N–H and O–H groups in total. The van der Waals surface area contributed by atoms with Gasteiger partial charge < -0.3 is 19.7 Å². The molecule has 0 saturated carbocycles. The molecular weight excluding hydrogens is 459 g/mol. The van der Waals surface area contributed by atoms with E-state index in [2.05, 4.69) is 11.0 Å². The fourth-order valence-corrected chi connectivity index (χ4v) is 4.86. The lowest BCUT2D eigenvalue weighted by Gasteiger charge is -2.37. The lowest BCUT2D eigenvalue weighted by Crippen LogP contribution is -2.49. The molecule has 1 unspecified atom stereocenters. The van der Waals surface area contributed by atoms with Crippen molar-refractivity contribution in [2.24, 2.45) is 5.92 Å². The standard InChI is InChI=1S/C29H27FN2O4/c1-18-25-12-23(34)6-9-27(25)36-29(28(18)26-13-22(33)5-2-21(26)15-31)20-3-7-24(8-4-20)35-11-10-32-16-19(14-30)17-32/h2-9,12-13,19,29,33-34H,10-11,14,16-17H2,1H3. The number of nitriles is 1. The molecule has 7 heteroatoms. The first kappa shape index (κ1) is 23.7. The van der Waals surface area contributed by atoms with Gasteiger partial charge in [0.25, 0.3) is 0 Å². The normalized spacial score (nSPS) is 17.6. The Bertz CT molecular complexity index is 1340. The van der Waals surface area contributed by atoms with E-state index >= 15 is 0 Å². The summed E-state index contributed by atoms with van der Waals surface area (Å²) in [5.41, 5.74) is 4.18. The van der Waals surface area contributed by atoms with Gasteiger partial charge in [-0.2, -0.15) is 5.26 Å². The van der Waals surface area contributed by atoms with Crippen LogP contribution >= 0.6 is 0 Å². The van der Waals surface area contributed by atoms with Crippen molar-refractivity contribution in [1.82, 2.24) is 4.90 Å². The molecule has 2 aliphatic heterocycles. The zero-order valence-electron chi connectivity index (χ0n) is 19.9. The molecule has 0 bridgehead atoms. The van der Waals surface area contributed by atoms with Crippen molar-refractivity contribution in [2.75, 3.05) is 32.9 Å². The minimum Gasteiger partial charge on any atom is -0.508 e. The van der Waals surface area contributed by atoms with Gasteiger partial charge in [-0.1, -0.05) is 12.1 Å². The third-order valence-corrected chi connectivity index (χ3v) is 6.80. The summed E-state index contributed by atoms with van der Waals surface area (Å²) in [4.78, 5) is 2.17.